The van der Waals surface area contributed by atoms with Gasteiger partial charge in [-0.25, -0.2) is 9.37 Å². The largest absolute Gasteiger partial charge is 0.398 e. The summed E-state index contributed by atoms with van der Waals surface area (Å²) in [6, 6.07) is 11.1. The van der Waals surface area contributed by atoms with E-state index >= 15 is 0 Å². The molecule has 0 spiro atoms. The van der Waals surface area contributed by atoms with Gasteiger partial charge in [0.2, 0.25) is 0 Å². The van der Waals surface area contributed by atoms with Crippen molar-refractivity contribution in [2.45, 2.75) is 25.8 Å². The molecule has 1 aliphatic rings. The van der Waals surface area contributed by atoms with Crippen LogP contribution in [0.15, 0.2) is 36.4 Å². The van der Waals surface area contributed by atoms with Crippen LogP contribution in [0, 0.1) is 12.7 Å². The summed E-state index contributed by atoms with van der Waals surface area (Å²) in [6.07, 6.45) is 2.28. The van der Waals surface area contributed by atoms with Crippen LogP contribution in [0.1, 0.15) is 24.4 Å². The molecule has 0 saturated heterocycles. The van der Waals surface area contributed by atoms with Crippen molar-refractivity contribution < 1.29 is 4.39 Å². The summed E-state index contributed by atoms with van der Waals surface area (Å²) in [7, 11) is 0. The Morgan fingerprint density at radius 3 is 2.76 bits per heavy atom. The van der Waals surface area contributed by atoms with Gasteiger partial charge in [-0.1, -0.05) is 12.1 Å². The first-order valence-corrected chi connectivity index (χ1v) is 7.18. The maximum absolute atomic E-state index is 13.5. The van der Waals surface area contributed by atoms with Gasteiger partial charge < -0.3 is 10.3 Å². The first-order valence-electron chi connectivity index (χ1n) is 7.18. The number of nitrogens with zero attached hydrogens (tertiary/aromatic N) is 2. The molecule has 4 rings (SSSR count). The molecule has 3 nitrogen and oxygen atoms in total. The summed E-state index contributed by atoms with van der Waals surface area (Å²) in [6.45, 7) is 2.03. The smallest absolute Gasteiger partial charge is 0.143 e. The first-order chi connectivity index (χ1) is 10.1. The summed E-state index contributed by atoms with van der Waals surface area (Å²) in [5.41, 5.74) is 10.6. The number of hydrogen-bond acceptors (Lipinski definition) is 2. The van der Waals surface area contributed by atoms with Crippen LogP contribution < -0.4 is 5.73 Å². The summed E-state index contributed by atoms with van der Waals surface area (Å²) >= 11 is 0. The van der Waals surface area contributed by atoms with Crippen molar-refractivity contribution in [3.05, 3.63) is 47.8 Å². The van der Waals surface area contributed by atoms with E-state index < -0.39 is 0 Å². The molecule has 4 heteroatoms. The van der Waals surface area contributed by atoms with E-state index in [0.717, 1.165) is 35.3 Å². The number of fused-ring (bicyclic) bond motifs is 1. The minimum Gasteiger partial charge on any atom is -0.398 e. The van der Waals surface area contributed by atoms with Gasteiger partial charge in [0, 0.05) is 23.4 Å². The Balaban J connectivity index is 2.06. The van der Waals surface area contributed by atoms with Crippen molar-refractivity contribution in [3.8, 4) is 11.4 Å². The first kappa shape index (κ1) is 12.4. The number of imidazole rings is 1. The van der Waals surface area contributed by atoms with E-state index in [1.165, 1.54) is 12.1 Å². The minimum atomic E-state index is -0.257. The van der Waals surface area contributed by atoms with E-state index in [1.807, 2.05) is 31.2 Å². The summed E-state index contributed by atoms with van der Waals surface area (Å²) < 4.78 is 15.7. The Bertz CT molecular complexity index is 826. The van der Waals surface area contributed by atoms with E-state index in [0.29, 0.717) is 17.2 Å². The van der Waals surface area contributed by atoms with Gasteiger partial charge in [0.25, 0.3) is 0 Å². The molecule has 2 aromatic carbocycles. The maximum atomic E-state index is 13.5. The predicted octanol–water partition coefficient (Wildman–Crippen LogP) is 4.07. The maximum Gasteiger partial charge on any atom is 0.143 e. The SMILES string of the molecule is Cc1cccc(N)c1-c1nc2cc(F)ccc2n1C1CC1. The average Bonchev–Trinajstić information content (AvgIpc) is 3.20. The van der Waals surface area contributed by atoms with Crippen LogP contribution in [0.5, 0.6) is 0 Å². The third-order valence-electron chi connectivity index (χ3n) is 4.09. The van der Waals surface area contributed by atoms with Crippen molar-refractivity contribution >= 4 is 16.7 Å². The molecule has 0 atom stereocenters. The van der Waals surface area contributed by atoms with Crippen molar-refractivity contribution in [2.24, 2.45) is 0 Å². The summed E-state index contributed by atoms with van der Waals surface area (Å²) in [5.74, 6) is 0.598. The van der Waals surface area contributed by atoms with Gasteiger partial charge in [-0.3, -0.25) is 0 Å². The highest BCUT2D eigenvalue weighted by Crippen LogP contribution is 2.42. The number of aryl methyl sites for hydroxylation is 1. The van der Waals surface area contributed by atoms with Crippen LogP contribution in [0.3, 0.4) is 0 Å². The Kier molecular flexibility index (Phi) is 2.55. The lowest BCUT2D eigenvalue weighted by Crippen LogP contribution is -2.01. The van der Waals surface area contributed by atoms with E-state index in [4.69, 9.17) is 5.73 Å². The highest BCUT2D eigenvalue weighted by molar-refractivity contribution is 5.85. The third kappa shape index (κ3) is 1.90. The highest BCUT2D eigenvalue weighted by atomic mass is 19.1. The molecule has 2 N–H and O–H groups in total. The van der Waals surface area contributed by atoms with Gasteiger partial charge in [-0.05, 0) is 43.5 Å². The molecule has 0 aliphatic heterocycles. The summed E-state index contributed by atoms with van der Waals surface area (Å²) in [5, 5.41) is 0. The fourth-order valence-electron chi connectivity index (χ4n) is 2.95. The number of anilines is 1. The molecule has 1 saturated carbocycles. The van der Waals surface area contributed by atoms with Gasteiger partial charge in [-0.15, -0.1) is 0 Å². The summed E-state index contributed by atoms with van der Waals surface area (Å²) in [4.78, 5) is 4.67. The second-order valence-corrected chi connectivity index (χ2v) is 5.71. The number of halogens is 1. The molecule has 1 heterocycles. The molecule has 1 fully saturated rings. The molecular formula is C17H16FN3. The van der Waals surface area contributed by atoms with Crippen LogP contribution >= 0.6 is 0 Å². The monoisotopic (exact) mass is 281 g/mol. The van der Waals surface area contributed by atoms with Crippen molar-refractivity contribution in [2.75, 3.05) is 5.73 Å². The quantitative estimate of drug-likeness (QED) is 0.720. The Morgan fingerprint density at radius 2 is 2.05 bits per heavy atom. The standard InChI is InChI=1S/C17H16FN3/c1-10-3-2-4-13(19)16(10)17-20-14-9-11(18)5-8-15(14)21(17)12-6-7-12/h2-5,8-9,12H,6-7,19H2,1H3. The van der Waals surface area contributed by atoms with E-state index in [9.17, 15) is 4.39 Å². The molecule has 0 bridgehead atoms. The van der Waals surface area contributed by atoms with Gasteiger partial charge in [0.1, 0.15) is 11.6 Å². The second-order valence-electron chi connectivity index (χ2n) is 5.71. The van der Waals surface area contributed by atoms with Gasteiger partial charge in [0.15, 0.2) is 0 Å². The number of rotatable bonds is 2. The molecule has 3 aromatic rings. The number of benzene rings is 2. The van der Waals surface area contributed by atoms with Crippen LogP contribution in [0.25, 0.3) is 22.4 Å². The fourth-order valence-corrected chi connectivity index (χ4v) is 2.95. The zero-order valence-electron chi connectivity index (χ0n) is 11.8. The molecule has 1 aromatic heterocycles. The number of nitrogen functional groups attached to an aromatic ring is 1. The normalized spacial score (nSPS) is 14.8. The molecular weight excluding hydrogens is 265 g/mol. The Labute approximate surface area is 122 Å². The Hall–Kier alpha value is -2.36. The highest BCUT2D eigenvalue weighted by Gasteiger charge is 2.29. The van der Waals surface area contributed by atoms with Gasteiger partial charge >= 0.3 is 0 Å². The Morgan fingerprint density at radius 1 is 1.24 bits per heavy atom. The van der Waals surface area contributed by atoms with E-state index in [1.54, 1.807) is 0 Å². The van der Waals surface area contributed by atoms with E-state index in [2.05, 4.69) is 9.55 Å². The van der Waals surface area contributed by atoms with Gasteiger partial charge in [0.05, 0.1) is 11.0 Å². The van der Waals surface area contributed by atoms with Crippen LogP contribution in [0.2, 0.25) is 0 Å². The number of nitrogens with two attached hydrogens (primary N) is 1. The zero-order chi connectivity index (χ0) is 14.6. The molecule has 0 unspecified atom stereocenters. The minimum absolute atomic E-state index is 0.257. The average molecular weight is 281 g/mol. The van der Waals surface area contributed by atoms with Crippen LogP contribution in [-0.2, 0) is 0 Å². The predicted molar refractivity (Wildman–Crippen MR) is 82.5 cm³/mol. The fraction of sp³-hybridized carbons (Fsp3) is 0.235. The van der Waals surface area contributed by atoms with Crippen LogP contribution in [-0.4, -0.2) is 9.55 Å². The molecule has 0 radical (unpaired) electrons. The molecule has 21 heavy (non-hydrogen) atoms. The zero-order valence-corrected chi connectivity index (χ0v) is 11.8. The number of hydrogen-bond donors (Lipinski definition) is 1. The molecule has 0 amide bonds. The van der Waals surface area contributed by atoms with Crippen molar-refractivity contribution in [1.82, 2.24) is 9.55 Å². The second kappa shape index (κ2) is 4.32. The third-order valence-corrected chi connectivity index (χ3v) is 4.09. The lowest BCUT2D eigenvalue weighted by atomic mass is 10.1. The lowest BCUT2D eigenvalue weighted by molar-refractivity contribution is 0.629. The lowest BCUT2D eigenvalue weighted by Gasteiger charge is -2.12. The van der Waals surface area contributed by atoms with Crippen molar-refractivity contribution in [3.63, 3.8) is 0 Å². The van der Waals surface area contributed by atoms with Gasteiger partial charge in [-0.2, -0.15) is 0 Å². The topological polar surface area (TPSA) is 43.8 Å². The molecule has 1 aliphatic carbocycles. The molecule has 106 valence electrons. The van der Waals surface area contributed by atoms with Crippen molar-refractivity contribution in [1.29, 1.82) is 0 Å². The van der Waals surface area contributed by atoms with E-state index in [-0.39, 0.29) is 5.82 Å². The van der Waals surface area contributed by atoms with Crippen LogP contribution in [0.4, 0.5) is 10.1 Å². The number of aromatic nitrogens is 2.